The van der Waals surface area contributed by atoms with E-state index in [1.54, 1.807) is 11.6 Å². The first-order valence-corrected chi connectivity index (χ1v) is 7.63. The highest BCUT2D eigenvalue weighted by molar-refractivity contribution is 6.30. The summed E-state index contributed by atoms with van der Waals surface area (Å²) < 4.78 is 7.16. The summed E-state index contributed by atoms with van der Waals surface area (Å²) in [4.78, 5) is 10.2. The molecule has 8 nitrogen and oxygen atoms in total. The quantitative estimate of drug-likeness (QED) is 0.502. The molecule has 0 aliphatic heterocycles. The Bertz CT molecular complexity index is 856. The predicted octanol–water partition coefficient (Wildman–Crippen LogP) is 2.97. The van der Waals surface area contributed by atoms with E-state index in [1.807, 2.05) is 24.3 Å². The maximum absolute atomic E-state index is 10.7. The molecular formula is C15H14ClN5O3. The van der Waals surface area contributed by atoms with Crippen LogP contribution in [0.15, 0.2) is 34.7 Å². The van der Waals surface area contributed by atoms with Crippen LogP contribution < -0.4 is 0 Å². The molecule has 9 heteroatoms. The van der Waals surface area contributed by atoms with Crippen molar-refractivity contribution in [2.75, 3.05) is 0 Å². The zero-order valence-corrected chi connectivity index (χ0v) is 13.6. The monoisotopic (exact) mass is 347 g/mol. The second kappa shape index (κ2) is 6.79. The molecule has 1 aromatic carbocycles. The average molecular weight is 348 g/mol. The number of nitrogens with zero attached hydrogens (tertiary/aromatic N) is 5. The fourth-order valence-electron chi connectivity index (χ4n) is 2.25. The van der Waals surface area contributed by atoms with Crippen LogP contribution in [0.3, 0.4) is 0 Å². The summed E-state index contributed by atoms with van der Waals surface area (Å²) in [5.41, 5.74) is 1.73. The van der Waals surface area contributed by atoms with Crippen molar-refractivity contribution in [2.45, 2.75) is 26.3 Å². The van der Waals surface area contributed by atoms with Crippen LogP contribution >= 0.6 is 11.6 Å². The van der Waals surface area contributed by atoms with Gasteiger partial charge in [-0.25, -0.2) is 0 Å². The predicted molar refractivity (Wildman–Crippen MR) is 85.9 cm³/mol. The summed E-state index contributed by atoms with van der Waals surface area (Å²) in [5.74, 6) is 0.813. The Labute approximate surface area is 142 Å². The number of hydrogen-bond acceptors (Lipinski definition) is 6. The van der Waals surface area contributed by atoms with Crippen molar-refractivity contribution < 1.29 is 9.34 Å². The number of aromatic nitrogens is 4. The van der Waals surface area contributed by atoms with Gasteiger partial charge in [0.2, 0.25) is 11.8 Å². The molecule has 3 rings (SSSR count). The van der Waals surface area contributed by atoms with Crippen LogP contribution in [0.5, 0.6) is 0 Å². The van der Waals surface area contributed by atoms with Gasteiger partial charge in [0.25, 0.3) is 0 Å². The van der Waals surface area contributed by atoms with Gasteiger partial charge in [-0.1, -0.05) is 23.7 Å². The van der Waals surface area contributed by atoms with E-state index in [1.165, 1.54) is 6.07 Å². The third-order valence-corrected chi connectivity index (χ3v) is 3.72. The molecule has 0 unspecified atom stereocenters. The van der Waals surface area contributed by atoms with E-state index < -0.39 is 4.92 Å². The topological polar surface area (TPSA) is 99.9 Å². The van der Waals surface area contributed by atoms with Gasteiger partial charge < -0.3 is 14.5 Å². The Balaban J connectivity index is 1.62. The molecule has 124 valence electrons. The Hall–Kier alpha value is -2.74. The first-order valence-electron chi connectivity index (χ1n) is 7.26. The molecule has 2 heterocycles. The summed E-state index contributed by atoms with van der Waals surface area (Å²) >= 11 is 5.85. The minimum absolute atomic E-state index is 0.165. The number of benzene rings is 1. The van der Waals surface area contributed by atoms with Crippen molar-refractivity contribution >= 4 is 17.4 Å². The van der Waals surface area contributed by atoms with Gasteiger partial charge in [-0.15, -0.1) is 10.2 Å². The highest BCUT2D eigenvalue weighted by atomic mass is 35.5. The van der Waals surface area contributed by atoms with Gasteiger partial charge in [-0.2, -0.15) is 4.68 Å². The van der Waals surface area contributed by atoms with Crippen molar-refractivity contribution in [1.29, 1.82) is 0 Å². The van der Waals surface area contributed by atoms with Crippen LogP contribution in [0.4, 0.5) is 5.82 Å². The molecule has 0 bridgehead atoms. The van der Waals surface area contributed by atoms with Crippen LogP contribution in [0.1, 0.15) is 23.0 Å². The van der Waals surface area contributed by atoms with Gasteiger partial charge in [0.05, 0.1) is 29.8 Å². The summed E-state index contributed by atoms with van der Waals surface area (Å²) in [6, 6.07) is 8.85. The van der Waals surface area contributed by atoms with Crippen molar-refractivity contribution in [3.8, 4) is 0 Å². The van der Waals surface area contributed by atoms with Crippen molar-refractivity contribution in [3.63, 3.8) is 0 Å². The van der Waals surface area contributed by atoms with Crippen molar-refractivity contribution in [2.24, 2.45) is 0 Å². The number of halogens is 1. The van der Waals surface area contributed by atoms with Gasteiger partial charge in [-0.3, -0.25) is 0 Å². The lowest BCUT2D eigenvalue weighted by Crippen LogP contribution is -2.05. The van der Waals surface area contributed by atoms with Crippen LogP contribution in [-0.4, -0.2) is 24.9 Å². The van der Waals surface area contributed by atoms with Gasteiger partial charge in [0, 0.05) is 11.4 Å². The molecule has 0 saturated carbocycles. The van der Waals surface area contributed by atoms with Crippen LogP contribution in [0, 0.1) is 17.0 Å². The minimum Gasteiger partial charge on any atom is -0.425 e. The molecule has 0 aliphatic rings. The van der Waals surface area contributed by atoms with Gasteiger partial charge in [0.15, 0.2) is 0 Å². The van der Waals surface area contributed by atoms with E-state index in [9.17, 15) is 10.1 Å². The SMILES string of the molecule is Cc1cc([N+](=O)[O-])nn1CCc1nnc(Cc2ccc(Cl)cc2)o1. The maximum Gasteiger partial charge on any atom is 0.390 e. The van der Waals surface area contributed by atoms with Gasteiger partial charge in [-0.05, 0) is 29.5 Å². The second-order valence-electron chi connectivity index (χ2n) is 5.27. The molecule has 0 aliphatic carbocycles. The standard InChI is InChI=1S/C15H14ClN5O3/c1-10-8-13(21(22)23)19-20(10)7-6-14-17-18-15(24-14)9-11-2-4-12(16)5-3-11/h2-5,8H,6-7,9H2,1H3. The summed E-state index contributed by atoms with van der Waals surface area (Å²) in [6.07, 6.45) is 0.976. The molecule has 2 aromatic heterocycles. The van der Waals surface area contributed by atoms with E-state index >= 15 is 0 Å². The van der Waals surface area contributed by atoms with E-state index in [-0.39, 0.29) is 5.82 Å². The lowest BCUT2D eigenvalue weighted by Gasteiger charge is -1.97. The van der Waals surface area contributed by atoms with E-state index in [2.05, 4.69) is 15.3 Å². The molecule has 0 saturated heterocycles. The van der Waals surface area contributed by atoms with Gasteiger partial charge in [0.1, 0.15) is 0 Å². The Morgan fingerprint density at radius 1 is 1.25 bits per heavy atom. The number of hydrogen-bond donors (Lipinski definition) is 0. The number of rotatable bonds is 6. The summed E-state index contributed by atoms with van der Waals surface area (Å²) in [6.45, 7) is 2.20. The molecule has 0 amide bonds. The number of aryl methyl sites for hydroxylation is 3. The van der Waals surface area contributed by atoms with Crippen LogP contribution in [0.25, 0.3) is 0 Å². The first-order chi connectivity index (χ1) is 11.5. The molecular weight excluding hydrogens is 334 g/mol. The smallest absolute Gasteiger partial charge is 0.390 e. The minimum atomic E-state index is -0.513. The molecule has 0 radical (unpaired) electrons. The van der Waals surface area contributed by atoms with E-state index in [0.717, 1.165) is 5.56 Å². The number of nitro groups is 1. The Morgan fingerprint density at radius 2 is 1.96 bits per heavy atom. The third kappa shape index (κ3) is 3.77. The lowest BCUT2D eigenvalue weighted by molar-refractivity contribution is -0.389. The lowest BCUT2D eigenvalue weighted by atomic mass is 10.1. The maximum atomic E-state index is 10.7. The fourth-order valence-corrected chi connectivity index (χ4v) is 2.37. The molecule has 24 heavy (non-hydrogen) atoms. The Morgan fingerprint density at radius 3 is 2.62 bits per heavy atom. The van der Waals surface area contributed by atoms with Crippen molar-refractivity contribution in [3.05, 3.63) is 68.5 Å². The average Bonchev–Trinajstić information content (AvgIpc) is 3.14. The second-order valence-corrected chi connectivity index (χ2v) is 5.70. The highest BCUT2D eigenvalue weighted by Gasteiger charge is 2.16. The van der Waals surface area contributed by atoms with E-state index in [0.29, 0.717) is 41.9 Å². The Kier molecular flexibility index (Phi) is 4.57. The normalized spacial score (nSPS) is 10.9. The molecule has 3 aromatic rings. The van der Waals surface area contributed by atoms with E-state index in [4.69, 9.17) is 16.0 Å². The molecule has 0 atom stereocenters. The highest BCUT2D eigenvalue weighted by Crippen LogP contribution is 2.14. The molecule has 0 N–H and O–H groups in total. The van der Waals surface area contributed by atoms with Crippen LogP contribution in [0.2, 0.25) is 5.02 Å². The first kappa shape index (κ1) is 16.1. The van der Waals surface area contributed by atoms with Crippen molar-refractivity contribution in [1.82, 2.24) is 20.0 Å². The fraction of sp³-hybridized carbons (Fsp3) is 0.267. The molecule has 0 spiro atoms. The van der Waals surface area contributed by atoms with Crippen LogP contribution in [-0.2, 0) is 19.4 Å². The van der Waals surface area contributed by atoms with Gasteiger partial charge >= 0.3 is 5.82 Å². The zero-order chi connectivity index (χ0) is 17.1. The third-order valence-electron chi connectivity index (χ3n) is 3.47. The molecule has 0 fully saturated rings. The zero-order valence-electron chi connectivity index (χ0n) is 12.8. The summed E-state index contributed by atoms with van der Waals surface area (Å²) in [7, 11) is 0. The largest absolute Gasteiger partial charge is 0.425 e. The summed E-state index contributed by atoms with van der Waals surface area (Å²) in [5, 5.41) is 23.3.